The number of aromatic nitrogens is 3. The van der Waals surface area contributed by atoms with E-state index in [0.717, 1.165) is 28.9 Å². The molecule has 0 radical (unpaired) electrons. The number of amides is 1. The summed E-state index contributed by atoms with van der Waals surface area (Å²) in [7, 11) is 0. The first-order chi connectivity index (χ1) is 18.7. The lowest BCUT2D eigenvalue weighted by atomic mass is 10.0. The number of nitriles is 1. The first kappa shape index (κ1) is 25.8. The van der Waals surface area contributed by atoms with E-state index in [0.29, 0.717) is 22.6 Å². The normalized spacial score (nSPS) is 13.7. The van der Waals surface area contributed by atoms with E-state index in [4.69, 9.17) is 0 Å². The van der Waals surface area contributed by atoms with Crippen LogP contribution in [-0.4, -0.2) is 50.1 Å². The molecule has 0 saturated carbocycles. The van der Waals surface area contributed by atoms with E-state index in [1.54, 1.807) is 16.6 Å². The number of rotatable bonds is 8. The molecule has 5 rings (SSSR count). The number of benzene rings is 1. The molecule has 4 aromatic rings. The molecule has 1 aliphatic rings. The molecule has 4 heterocycles. The van der Waals surface area contributed by atoms with Gasteiger partial charge in [-0.25, -0.2) is 8.91 Å². The molecule has 0 bridgehead atoms. The number of anilines is 2. The second-order valence-electron chi connectivity index (χ2n) is 9.70. The SMILES string of the molecule is CC(C)(O)[C@H](F)CNC(=O)c1cnc(-c2ccc3cc(C#N)cnn23)cc1Nc1ccc(C2=CCC=N2)cc1. The molecule has 0 spiro atoms. The van der Waals surface area contributed by atoms with Crippen molar-refractivity contribution in [2.75, 3.05) is 11.9 Å². The Morgan fingerprint density at radius 3 is 2.69 bits per heavy atom. The van der Waals surface area contributed by atoms with E-state index in [1.807, 2.05) is 48.7 Å². The maximum atomic E-state index is 14.3. The summed E-state index contributed by atoms with van der Waals surface area (Å²) in [6.45, 7) is 2.33. The number of alkyl halides is 1. The van der Waals surface area contributed by atoms with Crippen LogP contribution in [0.4, 0.5) is 15.8 Å². The minimum absolute atomic E-state index is 0.203. The number of aliphatic hydroxyl groups is 1. The fraction of sp³-hybridized carbons (Fsp3) is 0.207. The molecule has 39 heavy (non-hydrogen) atoms. The molecule has 10 heteroatoms. The first-order valence-electron chi connectivity index (χ1n) is 12.4. The summed E-state index contributed by atoms with van der Waals surface area (Å²) in [6, 6.07) is 16.8. The number of hydrogen-bond acceptors (Lipinski definition) is 7. The minimum Gasteiger partial charge on any atom is -0.387 e. The van der Waals surface area contributed by atoms with Gasteiger partial charge in [0.2, 0.25) is 0 Å². The monoisotopic (exact) mass is 523 g/mol. The van der Waals surface area contributed by atoms with Gasteiger partial charge < -0.3 is 15.7 Å². The fourth-order valence-electron chi connectivity index (χ4n) is 4.10. The molecule has 0 aliphatic carbocycles. The van der Waals surface area contributed by atoms with E-state index >= 15 is 0 Å². The Morgan fingerprint density at radius 2 is 2.00 bits per heavy atom. The Bertz CT molecular complexity index is 1640. The summed E-state index contributed by atoms with van der Waals surface area (Å²) < 4.78 is 16.0. The summed E-state index contributed by atoms with van der Waals surface area (Å²) in [5.74, 6) is -0.540. The van der Waals surface area contributed by atoms with Gasteiger partial charge in [-0.3, -0.25) is 14.8 Å². The van der Waals surface area contributed by atoms with Gasteiger partial charge >= 0.3 is 0 Å². The van der Waals surface area contributed by atoms with Crippen molar-refractivity contribution in [1.82, 2.24) is 19.9 Å². The van der Waals surface area contributed by atoms with Crippen molar-refractivity contribution < 1.29 is 14.3 Å². The zero-order chi connectivity index (χ0) is 27.6. The molecular formula is C29H26FN7O2. The van der Waals surface area contributed by atoms with E-state index < -0.39 is 17.7 Å². The van der Waals surface area contributed by atoms with E-state index in [-0.39, 0.29) is 12.1 Å². The lowest BCUT2D eigenvalue weighted by Gasteiger charge is -2.22. The van der Waals surface area contributed by atoms with Gasteiger partial charge in [-0.2, -0.15) is 10.4 Å². The Kier molecular flexibility index (Phi) is 6.92. The highest BCUT2D eigenvalue weighted by atomic mass is 19.1. The molecule has 196 valence electrons. The molecule has 1 atom stereocenters. The average molecular weight is 524 g/mol. The van der Waals surface area contributed by atoms with Crippen molar-refractivity contribution in [3.63, 3.8) is 0 Å². The average Bonchev–Trinajstić information content (AvgIpc) is 3.61. The van der Waals surface area contributed by atoms with E-state index in [1.165, 1.54) is 26.2 Å². The second-order valence-corrected chi connectivity index (χ2v) is 9.70. The van der Waals surface area contributed by atoms with Gasteiger partial charge in [0.1, 0.15) is 12.2 Å². The number of aliphatic imine (C=N–C) groups is 1. The third kappa shape index (κ3) is 5.54. The quantitative estimate of drug-likeness (QED) is 0.308. The van der Waals surface area contributed by atoms with Gasteiger partial charge in [0.25, 0.3) is 5.91 Å². The maximum Gasteiger partial charge on any atom is 0.255 e. The van der Waals surface area contributed by atoms with Crippen LogP contribution >= 0.6 is 0 Å². The summed E-state index contributed by atoms with van der Waals surface area (Å²) >= 11 is 0. The zero-order valence-corrected chi connectivity index (χ0v) is 21.4. The number of halogens is 1. The summed E-state index contributed by atoms with van der Waals surface area (Å²) in [5.41, 5.74) is 4.04. The van der Waals surface area contributed by atoms with Crippen LogP contribution in [0.2, 0.25) is 0 Å². The lowest BCUT2D eigenvalue weighted by Crippen LogP contribution is -2.42. The molecule has 1 aliphatic heterocycles. The van der Waals surface area contributed by atoms with E-state index in [2.05, 4.69) is 31.8 Å². The molecule has 0 unspecified atom stereocenters. The maximum absolute atomic E-state index is 14.3. The number of carbonyl (C=O) groups excluding carboxylic acids is 1. The Hall–Kier alpha value is -4.88. The van der Waals surface area contributed by atoms with Gasteiger partial charge in [0, 0.05) is 24.5 Å². The van der Waals surface area contributed by atoms with Crippen molar-refractivity contribution in [3.05, 3.63) is 83.7 Å². The van der Waals surface area contributed by atoms with Crippen LogP contribution in [0.3, 0.4) is 0 Å². The largest absolute Gasteiger partial charge is 0.387 e. The zero-order valence-electron chi connectivity index (χ0n) is 21.4. The third-order valence-electron chi connectivity index (χ3n) is 6.36. The van der Waals surface area contributed by atoms with Gasteiger partial charge in [-0.05, 0) is 55.8 Å². The Labute approximate surface area is 224 Å². The van der Waals surface area contributed by atoms with Crippen LogP contribution in [0.5, 0.6) is 0 Å². The van der Waals surface area contributed by atoms with Crippen LogP contribution < -0.4 is 10.6 Å². The van der Waals surface area contributed by atoms with Crippen LogP contribution in [0.15, 0.2) is 72.0 Å². The summed E-state index contributed by atoms with van der Waals surface area (Å²) in [6.07, 6.45) is 5.94. The van der Waals surface area contributed by atoms with Crippen molar-refractivity contribution in [2.45, 2.75) is 32.0 Å². The number of carbonyl (C=O) groups is 1. The number of fused-ring (bicyclic) bond motifs is 1. The number of hydrogen-bond donors (Lipinski definition) is 3. The van der Waals surface area contributed by atoms with Crippen LogP contribution in [-0.2, 0) is 0 Å². The smallest absolute Gasteiger partial charge is 0.255 e. The highest BCUT2D eigenvalue weighted by Gasteiger charge is 2.27. The number of pyridine rings is 1. The Morgan fingerprint density at radius 1 is 1.21 bits per heavy atom. The van der Waals surface area contributed by atoms with Crippen LogP contribution in [0, 0.1) is 11.3 Å². The molecule has 0 fully saturated rings. The molecule has 3 N–H and O–H groups in total. The van der Waals surface area contributed by atoms with Gasteiger partial charge in [-0.15, -0.1) is 0 Å². The Balaban J connectivity index is 1.48. The second kappa shape index (κ2) is 10.5. The van der Waals surface area contributed by atoms with E-state index in [9.17, 15) is 19.6 Å². The highest BCUT2D eigenvalue weighted by molar-refractivity contribution is 6.00. The molecule has 3 aromatic heterocycles. The predicted octanol–water partition coefficient (Wildman–Crippen LogP) is 4.67. The number of nitrogens with one attached hydrogen (secondary N) is 2. The van der Waals surface area contributed by atoms with Crippen molar-refractivity contribution in [2.24, 2.45) is 4.99 Å². The number of allylic oxidation sites excluding steroid dienone is 1. The lowest BCUT2D eigenvalue weighted by molar-refractivity contribution is -0.00177. The summed E-state index contributed by atoms with van der Waals surface area (Å²) in [4.78, 5) is 21.9. The van der Waals surface area contributed by atoms with Crippen molar-refractivity contribution >= 4 is 34.7 Å². The van der Waals surface area contributed by atoms with Crippen LogP contribution in [0.1, 0.15) is 41.8 Å². The molecule has 9 nitrogen and oxygen atoms in total. The van der Waals surface area contributed by atoms with Gasteiger partial charge in [0.05, 0.1) is 57.8 Å². The van der Waals surface area contributed by atoms with Gasteiger partial charge in [0.15, 0.2) is 0 Å². The fourth-order valence-corrected chi connectivity index (χ4v) is 4.10. The van der Waals surface area contributed by atoms with Crippen LogP contribution in [0.25, 0.3) is 22.6 Å². The van der Waals surface area contributed by atoms with Crippen molar-refractivity contribution in [3.8, 4) is 17.5 Å². The molecular weight excluding hydrogens is 497 g/mol. The standard InChI is InChI=1S/C29H26FN7O2/c1-29(2,39)27(30)17-34-28(38)22-16-33-25(26-10-9-21-12-18(14-31)15-35-37(21)26)13-24(22)36-20-7-5-19(6-8-20)23-4-3-11-32-23/h4-13,15-16,27,39H,3,17H2,1-2H3,(H,33,36)(H,34,38)/t27-/m1/s1. The van der Waals surface area contributed by atoms with Crippen molar-refractivity contribution in [1.29, 1.82) is 5.26 Å². The first-order valence-corrected chi connectivity index (χ1v) is 12.4. The third-order valence-corrected chi connectivity index (χ3v) is 6.36. The molecule has 1 aromatic carbocycles. The summed E-state index contributed by atoms with van der Waals surface area (Å²) in [5, 5.41) is 29.3. The topological polar surface area (TPSA) is 128 Å². The molecule has 0 saturated heterocycles. The molecule has 1 amide bonds. The van der Waals surface area contributed by atoms with Gasteiger partial charge in [-0.1, -0.05) is 18.2 Å². The predicted molar refractivity (Wildman–Crippen MR) is 147 cm³/mol. The minimum atomic E-state index is -1.65. The number of nitrogens with zero attached hydrogens (tertiary/aromatic N) is 5. The highest BCUT2D eigenvalue weighted by Crippen LogP contribution is 2.29.